The molecule has 0 saturated carbocycles. The largest absolute Gasteiger partial charge is 0.416 e. The van der Waals surface area contributed by atoms with Crippen molar-refractivity contribution in [1.29, 1.82) is 0 Å². The van der Waals surface area contributed by atoms with Crippen LogP contribution in [0.15, 0.2) is 35.3 Å². The summed E-state index contributed by atoms with van der Waals surface area (Å²) in [6.07, 6.45) is -2.06. The van der Waals surface area contributed by atoms with Crippen LogP contribution in [0.2, 0.25) is 0 Å². The number of halogens is 3. The van der Waals surface area contributed by atoms with E-state index in [1.54, 1.807) is 12.4 Å². The summed E-state index contributed by atoms with van der Waals surface area (Å²) in [5.74, 6) is 0. The van der Waals surface area contributed by atoms with Crippen molar-refractivity contribution >= 4 is 12.0 Å². The Morgan fingerprint density at radius 1 is 0.962 bits per heavy atom. The van der Waals surface area contributed by atoms with E-state index >= 15 is 0 Å². The molecule has 0 N–H and O–H groups in total. The third-order valence-electron chi connectivity index (χ3n) is 4.60. The van der Waals surface area contributed by atoms with Gasteiger partial charge < -0.3 is 4.90 Å². The minimum atomic E-state index is -4.32. The standard InChI is InChI=1S/C21H25F3N2/c1-6-26(5)13-25-20-10-15(3)17(9-16(20)4)11-18-12-19(21(22,23)24)8-7-14(18)2/h7-10,12-13H,6,11H2,1-5H3. The molecule has 0 atom stereocenters. The minimum absolute atomic E-state index is 0.473. The Hall–Kier alpha value is -2.30. The first-order valence-corrected chi connectivity index (χ1v) is 8.63. The number of alkyl halides is 3. The molecule has 2 aromatic carbocycles. The van der Waals surface area contributed by atoms with Gasteiger partial charge in [-0.05, 0) is 80.1 Å². The lowest BCUT2D eigenvalue weighted by molar-refractivity contribution is -0.137. The van der Waals surface area contributed by atoms with E-state index in [0.717, 1.165) is 40.6 Å². The summed E-state index contributed by atoms with van der Waals surface area (Å²) in [7, 11) is 1.95. The lowest BCUT2D eigenvalue weighted by atomic mass is 9.94. The van der Waals surface area contributed by atoms with Crippen LogP contribution in [0, 0.1) is 20.8 Å². The van der Waals surface area contributed by atoms with Gasteiger partial charge in [-0.3, -0.25) is 0 Å². The van der Waals surface area contributed by atoms with Crippen LogP contribution in [-0.2, 0) is 12.6 Å². The lowest BCUT2D eigenvalue weighted by Crippen LogP contribution is -2.14. The number of hydrogen-bond donors (Lipinski definition) is 0. The van der Waals surface area contributed by atoms with Gasteiger partial charge in [-0.1, -0.05) is 12.1 Å². The van der Waals surface area contributed by atoms with Gasteiger partial charge in [-0.25, -0.2) is 4.99 Å². The van der Waals surface area contributed by atoms with Crippen molar-refractivity contribution in [2.24, 2.45) is 4.99 Å². The maximum Gasteiger partial charge on any atom is 0.416 e. The minimum Gasteiger partial charge on any atom is -0.366 e. The highest BCUT2D eigenvalue weighted by atomic mass is 19.4. The van der Waals surface area contributed by atoms with Crippen LogP contribution in [-0.4, -0.2) is 24.8 Å². The van der Waals surface area contributed by atoms with Gasteiger partial charge >= 0.3 is 6.18 Å². The van der Waals surface area contributed by atoms with E-state index < -0.39 is 11.7 Å². The monoisotopic (exact) mass is 362 g/mol. The first-order chi connectivity index (χ1) is 12.1. The highest BCUT2D eigenvalue weighted by Gasteiger charge is 2.30. The van der Waals surface area contributed by atoms with Crippen molar-refractivity contribution in [1.82, 2.24) is 4.90 Å². The summed E-state index contributed by atoms with van der Waals surface area (Å²) in [6.45, 7) is 8.71. The SMILES string of the molecule is CCN(C)C=Nc1cc(C)c(Cc2cc(C(F)(F)F)ccc2C)cc1C. The van der Waals surface area contributed by atoms with E-state index in [2.05, 4.69) is 4.99 Å². The number of rotatable bonds is 5. The molecule has 5 heteroatoms. The molecule has 0 amide bonds. The lowest BCUT2D eigenvalue weighted by Gasteiger charge is -2.14. The number of benzene rings is 2. The van der Waals surface area contributed by atoms with Crippen LogP contribution in [0.3, 0.4) is 0 Å². The maximum atomic E-state index is 13.0. The highest BCUT2D eigenvalue weighted by Crippen LogP contribution is 2.32. The molecule has 2 rings (SSSR count). The zero-order valence-corrected chi connectivity index (χ0v) is 15.9. The normalized spacial score (nSPS) is 12.0. The number of aryl methyl sites for hydroxylation is 3. The van der Waals surface area contributed by atoms with Crippen LogP contribution in [0.1, 0.15) is 40.3 Å². The van der Waals surface area contributed by atoms with Gasteiger partial charge in [-0.2, -0.15) is 13.2 Å². The van der Waals surface area contributed by atoms with Crippen molar-refractivity contribution < 1.29 is 13.2 Å². The Balaban J connectivity index is 2.34. The average molecular weight is 362 g/mol. The van der Waals surface area contributed by atoms with Crippen LogP contribution in [0.4, 0.5) is 18.9 Å². The van der Waals surface area contributed by atoms with Crippen LogP contribution in [0.5, 0.6) is 0 Å². The molecule has 140 valence electrons. The van der Waals surface area contributed by atoms with Gasteiger partial charge in [0.05, 0.1) is 17.6 Å². The van der Waals surface area contributed by atoms with Crippen LogP contribution >= 0.6 is 0 Å². The molecule has 0 saturated heterocycles. The fraction of sp³-hybridized carbons (Fsp3) is 0.381. The molecule has 0 aliphatic rings. The number of aliphatic imine (C=N–C) groups is 1. The van der Waals surface area contributed by atoms with Gasteiger partial charge in [0.15, 0.2) is 0 Å². The second-order valence-corrected chi connectivity index (χ2v) is 6.70. The summed E-state index contributed by atoms with van der Waals surface area (Å²) >= 11 is 0. The molecule has 0 unspecified atom stereocenters. The van der Waals surface area contributed by atoms with Gasteiger partial charge in [0.1, 0.15) is 0 Å². The third-order valence-corrected chi connectivity index (χ3v) is 4.60. The zero-order valence-electron chi connectivity index (χ0n) is 15.9. The fourth-order valence-electron chi connectivity index (χ4n) is 2.68. The van der Waals surface area contributed by atoms with E-state index in [1.165, 1.54) is 6.07 Å². The summed E-state index contributed by atoms with van der Waals surface area (Å²) in [5.41, 5.74) is 4.90. The Kier molecular flexibility index (Phi) is 6.11. The molecule has 0 fully saturated rings. The van der Waals surface area contributed by atoms with Crippen molar-refractivity contribution in [2.45, 2.75) is 40.3 Å². The molecule has 0 spiro atoms. The van der Waals surface area contributed by atoms with Gasteiger partial charge in [-0.15, -0.1) is 0 Å². The predicted octanol–water partition coefficient (Wildman–Crippen LogP) is 5.83. The van der Waals surface area contributed by atoms with E-state index in [9.17, 15) is 13.2 Å². The third kappa shape index (κ3) is 4.87. The van der Waals surface area contributed by atoms with E-state index in [1.807, 2.05) is 51.8 Å². The topological polar surface area (TPSA) is 15.6 Å². The number of nitrogens with zero attached hydrogens (tertiary/aromatic N) is 2. The first kappa shape index (κ1) is 20.0. The Bertz CT molecular complexity index is 808. The van der Waals surface area contributed by atoms with Crippen molar-refractivity contribution in [3.63, 3.8) is 0 Å². The molecular formula is C21H25F3N2. The van der Waals surface area contributed by atoms with Crippen molar-refractivity contribution in [2.75, 3.05) is 13.6 Å². The van der Waals surface area contributed by atoms with Crippen LogP contribution in [0.25, 0.3) is 0 Å². The fourth-order valence-corrected chi connectivity index (χ4v) is 2.68. The smallest absolute Gasteiger partial charge is 0.366 e. The summed E-state index contributed by atoms with van der Waals surface area (Å²) in [5, 5.41) is 0. The van der Waals surface area contributed by atoms with Gasteiger partial charge in [0.2, 0.25) is 0 Å². The number of hydrogen-bond acceptors (Lipinski definition) is 1. The first-order valence-electron chi connectivity index (χ1n) is 8.63. The predicted molar refractivity (Wildman–Crippen MR) is 101 cm³/mol. The van der Waals surface area contributed by atoms with E-state index in [0.29, 0.717) is 12.0 Å². The Morgan fingerprint density at radius 2 is 1.62 bits per heavy atom. The molecule has 0 aliphatic heterocycles. The average Bonchev–Trinajstić information content (AvgIpc) is 2.57. The second kappa shape index (κ2) is 7.94. The van der Waals surface area contributed by atoms with Gasteiger partial charge in [0.25, 0.3) is 0 Å². The molecule has 2 nitrogen and oxygen atoms in total. The van der Waals surface area contributed by atoms with Crippen molar-refractivity contribution in [3.05, 3.63) is 63.7 Å². The maximum absolute atomic E-state index is 13.0. The highest BCUT2D eigenvalue weighted by molar-refractivity contribution is 5.64. The summed E-state index contributed by atoms with van der Waals surface area (Å²) in [4.78, 5) is 6.48. The van der Waals surface area contributed by atoms with Crippen molar-refractivity contribution in [3.8, 4) is 0 Å². The molecular weight excluding hydrogens is 337 g/mol. The zero-order chi connectivity index (χ0) is 19.5. The quantitative estimate of drug-likeness (QED) is 0.482. The van der Waals surface area contributed by atoms with Crippen LogP contribution < -0.4 is 0 Å². The summed E-state index contributed by atoms with van der Waals surface area (Å²) < 4.78 is 39.0. The molecule has 0 aromatic heterocycles. The summed E-state index contributed by atoms with van der Waals surface area (Å²) in [6, 6.07) is 7.95. The molecule has 0 radical (unpaired) electrons. The second-order valence-electron chi connectivity index (χ2n) is 6.70. The molecule has 2 aromatic rings. The Morgan fingerprint density at radius 3 is 2.23 bits per heavy atom. The Labute approximate surface area is 153 Å². The molecule has 26 heavy (non-hydrogen) atoms. The van der Waals surface area contributed by atoms with Gasteiger partial charge in [0, 0.05) is 13.6 Å². The molecule has 0 bridgehead atoms. The van der Waals surface area contributed by atoms with E-state index in [-0.39, 0.29) is 0 Å². The van der Waals surface area contributed by atoms with E-state index in [4.69, 9.17) is 0 Å². The molecule has 0 heterocycles. The molecule has 0 aliphatic carbocycles.